The lowest BCUT2D eigenvalue weighted by atomic mass is 9.56. The average molecular weight is 296 g/mol. The molecule has 2 saturated carbocycles. The number of aliphatic hydroxyl groups is 1. The first-order valence-corrected chi connectivity index (χ1v) is 9.51. The average Bonchev–Trinajstić information content (AvgIpc) is 2.51. The highest BCUT2D eigenvalue weighted by Gasteiger charge is 2.51. The summed E-state index contributed by atoms with van der Waals surface area (Å²) in [6.45, 7) is 5.24. The minimum atomic E-state index is -0.469. The zero-order valence-electron chi connectivity index (χ0n) is 14.4. The molecule has 2 heteroatoms. The van der Waals surface area contributed by atoms with Gasteiger partial charge in [0.15, 0.2) is 0 Å². The molecule has 0 radical (unpaired) electrons. The van der Waals surface area contributed by atoms with Crippen molar-refractivity contribution in [2.75, 3.05) is 6.54 Å². The van der Waals surface area contributed by atoms with E-state index in [1.54, 1.807) is 0 Å². The van der Waals surface area contributed by atoms with E-state index in [-0.39, 0.29) is 5.41 Å². The SMILES string of the molecule is CCCC1CCC(O)(C2(CN)CCC(CCC)CC2)CC1. The van der Waals surface area contributed by atoms with Gasteiger partial charge < -0.3 is 10.8 Å². The summed E-state index contributed by atoms with van der Waals surface area (Å²) in [6.07, 6.45) is 14.6. The molecule has 0 aliphatic heterocycles. The zero-order valence-corrected chi connectivity index (χ0v) is 14.4. The van der Waals surface area contributed by atoms with Gasteiger partial charge in [0.2, 0.25) is 0 Å². The van der Waals surface area contributed by atoms with Gasteiger partial charge in [-0.25, -0.2) is 0 Å². The van der Waals surface area contributed by atoms with Crippen molar-refractivity contribution in [3.8, 4) is 0 Å². The van der Waals surface area contributed by atoms with Gasteiger partial charge in [-0.15, -0.1) is 0 Å². The fraction of sp³-hybridized carbons (Fsp3) is 1.00. The Hall–Kier alpha value is -0.0800. The third-order valence-electron chi connectivity index (χ3n) is 6.77. The second kappa shape index (κ2) is 7.46. The van der Waals surface area contributed by atoms with Crippen LogP contribution in [-0.2, 0) is 0 Å². The van der Waals surface area contributed by atoms with Gasteiger partial charge in [0.25, 0.3) is 0 Å². The Balaban J connectivity index is 1.97. The van der Waals surface area contributed by atoms with Crippen LogP contribution in [0.3, 0.4) is 0 Å². The standard InChI is InChI=1S/C19H37NO/c1-3-5-16-7-11-18(15-20,12-8-16)19(21)13-9-17(6-4-2)10-14-19/h16-17,21H,3-15,20H2,1-2H3. The fourth-order valence-corrected chi connectivity index (χ4v) is 5.17. The summed E-state index contributed by atoms with van der Waals surface area (Å²) < 4.78 is 0. The van der Waals surface area contributed by atoms with Crippen molar-refractivity contribution in [2.24, 2.45) is 23.0 Å². The molecule has 21 heavy (non-hydrogen) atoms. The third kappa shape index (κ3) is 3.64. The summed E-state index contributed by atoms with van der Waals surface area (Å²) in [5.41, 5.74) is 5.76. The molecule has 2 aliphatic carbocycles. The summed E-state index contributed by atoms with van der Waals surface area (Å²) in [5, 5.41) is 11.4. The third-order valence-corrected chi connectivity index (χ3v) is 6.77. The molecule has 0 aromatic rings. The van der Waals surface area contributed by atoms with E-state index in [9.17, 15) is 5.11 Å². The second-order valence-electron chi connectivity index (χ2n) is 7.98. The van der Waals surface area contributed by atoms with Crippen LogP contribution in [0.15, 0.2) is 0 Å². The van der Waals surface area contributed by atoms with E-state index in [1.165, 1.54) is 51.4 Å². The van der Waals surface area contributed by atoms with E-state index in [4.69, 9.17) is 5.73 Å². The van der Waals surface area contributed by atoms with Crippen molar-refractivity contribution in [3.63, 3.8) is 0 Å². The molecule has 2 rings (SSSR count). The predicted octanol–water partition coefficient (Wildman–Crippen LogP) is 4.64. The smallest absolute Gasteiger partial charge is 0.0716 e. The maximum atomic E-state index is 11.4. The number of hydrogen-bond donors (Lipinski definition) is 2. The Morgan fingerprint density at radius 3 is 1.67 bits per heavy atom. The highest BCUT2D eigenvalue weighted by molar-refractivity contribution is 5.03. The van der Waals surface area contributed by atoms with Crippen LogP contribution in [0.2, 0.25) is 0 Å². The number of nitrogens with two attached hydrogens (primary N) is 1. The van der Waals surface area contributed by atoms with E-state index in [1.807, 2.05) is 0 Å². The normalized spacial score (nSPS) is 41.1. The topological polar surface area (TPSA) is 46.2 Å². The van der Waals surface area contributed by atoms with Gasteiger partial charge in [0, 0.05) is 12.0 Å². The lowest BCUT2D eigenvalue weighted by molar-refractivity contribution is -0.133. The molecule has 0 saturated heterocycles. The minimum Gasteiger partial charge on any atom is -0.389 e. The molecule has 0 spiro atoms. The maximum Gasteiger partial charge on any atom is 0.0716 e. The summed E-state index contributed by atoms with van der Waals surface area (Å²) in [7, 11) is 0. The molecule has 0 heterocycles. The van der Waals surface area contributed by atoms with Crippen molar-refractivity contribution in [1.82, 2.24) is 0 Å². The molecule has 0 aromatic heterocycles. The maximum absolute atomic E-state index is 11.4. The predicted molar refractivity (Wildman–Crippen MR) is 90.2 cm³/mol. The van der Waals surface area contributed by atoms with Gasteiger partial charge in [0.1, 0.15) is 0 Å². The lowest BCUT2D eigenvalue weighted by Gasteiger charge is -2.53. The molecule has 2 aliphatic rings. The van der Waals surface area contributed by atoms with Crippen LogP contribution >= 0.6 is 0 Å². The summed E-state index contributed by atoms with van der Waals surface area (Å²) >= 11 is 0. The summed E-state index contributed by atoms with van der Waals surface area (Å²) in [6, 6.07) is 0. The molecule has 0 aromatic carbocycles. The number of hydrogen-bond acceptors (Lipinski definition) is 2. The van der Waals surface area contributed by atoms with E-state index < -0.39 is 5.60 Å². The quantitative estimate of drug-likeness (QED) is 0.749. The minimum absolute atomic E-state index is 0.0222. The van der Waals surface area contributed by atoms with Gasteiger partial charge in [-0.1, -0.05) is 39.5 Å². The monoisotopic (exact) mass is 295 g/mol. The first kappa shape index (κ1) is 17.3. The van der Waals surface area contributed by atoms with Gasteiger partial charge in [-0.3, -0.25) is 0 Å². The van der Waals surface area contributed by atoms with E-state index >= 15 is 0 Å². The molecule has 0 amide bonds. The Morgan fingerprint density at radius 2 is 1.29 bits per heavy atom. The van der Waals surface area contributed by atoms with Crippen LogP contribution < -0.4 is 5.73 Å². The van der Waals surface area contributed by atoms with Crippen LogP contribution in [0, 0.1) is 17.3 Å². The summed E-state index contributed by atoms with van der Waals surface area (Å²) in [4.78, 5) is 0. The molecular formula is C19H37NO. The number of rotatable bonds is 6. The fourth-order valence-electron chi connectivity index (χ4n) is 5.17. The van der Waals surface area contributed by atoms with Crippen LogP contribution in [-0.4, -0.2) is 17.3 Å². The highest BCUT2D eigenvalue weighted by atomic mass is 16.3. The van der Waals surface area contributed by atoms with Crippen LogP contribution in [0.4, 0.5) is 0 Å². The molecule has 124 valence electrons. The Kier molecular flexibility index (Phi) is 6.14. The summed E-state index contributed by atoms with van der Waals surface area (Å²) in [5.74, 6) is 1.73. The van der Waals surface area contributed by atoms with Gasteiger partial charge >= 0.3 is 0 Å². The Labute approximate surface area is 131 Å². The van der Waals surface area contributed by atoms with Crippen LogP contribution in [0.25, 0.3) is 0 Å². The first-order valence-electron chi connectivity index (χ1n) is 9.51. The van der Waals surface area contributed by atoms with Crippen LogP contribution in [0.5, 0.6) is 0 Å². The van der Waals surface area contributed by atoms with Gasteiger partial charge in [-0.05, 0) is 63.2 Å². The molecule has 0 bridgehead atoms. The Morgan fingerprint density at radius 1 is 0.857 bits per heavy atom. The molecular weight excluding hydrogens is 258 g/mol. The van der Waals surface area contributed by atoms with Crippen molar-refractivity contribution < 1.29 is 5.11 Å². The first-order chi connectivity index (χ1) is 10.1. The van der Waals surface area contributed by atoms with Gasteiger partial charge in [0.05, 0.1) is 5.60 Å². The van der Waals surface area contributed by atoms with Crippen molar-refractivity contribution in [3.05, 3.63) is 0 Å². The van der Waals surface area contributed by atoms with Gasteiger partial charge in [-0.2, -0.15) is 0 Å². The zero-order chi connectivity index (χ0) is 15.3. The lowest BCUT2D eigenvalue weighted by Crippen LogP contribution is -2.55. The van der Waals surface area contributed by atoms with Crippen LogP contribution in [0.1, 0.15) is 90.9 Å². The largest absolute Gasteiger partial charge is 0.389 e. The second-order valence-corrected chi connectivity index (χ2v) is 7.98. The van der Waals surface area contributed by atoms with E-state index in [0.717, 1.165) is 37.5 Å². The molecule has 0 atom stereocenters. The van der Waals surface area contributed by atoms with Crippen molar-refractivity contribution >= 4 is 0 Å². The molecule has 2 nitrogen and oxygen atoms in total. The Bertz CT molecular complexity index is 299. The van der Waals surface area contributed by atoms with E-state index in [2.05, 4.69) is 13.8 Å². The molecule has 2 fully saturated rings. The van der Waals surface area contributed by atoms with Crippen molar-refractivity contribution in [1.29, 1.82) is 0 Å². The highest BCUT2D eigenvalue weighted by Crippen LogP contribution is 2.53. The molecule has 0 unspecified atom stereocenters. The van der Waals surface area contributed by atoms with E-state index in [0.29, 0.717) is 6.54 Å². The van der Waals surface area contributed by atoms with Crippen molar-refractivity contribution in [2.45, 2.75) is 96.5 Å². The molecule has 3 N–H and O–H groups in total.